The van der Waals surface area contributed by atoms with Crippen LogP contribution in [0.2, 0.25) is 0 Å². The van der Waals surface area contributed by atoms with Crippen molar-refractivity contribution in [3.8, 4) is 22.9 Å². The van der Waals surface area contributed by atoms with E-state index in [0.717, 1.165) is 11.4 Å². The van der Waals surface area contributed by atoms with Crippen LogP contribution in [0.5, 0.6) is 17.2 Å². The molecule has 4 rings (SSSR count). The van der Waals surface area contributed by atoms with Gasteiger partial charge < -0.3 is 23.7 Å². The highest BCUT2D eigenvalue weighted by Gasteiger charge is 2.33. The molecule has 34 heavy (non-hydrogen) atoms. The maximum Gasteiger partial charge on any atom is 0.573 e. The summed E-state index contributed by atoms with van der Waals surface area (Å²) in [6.07, 6.45) is -0.629. The number of rotatable bonds is 6. The van der Waals surface area contributed by atoms with E-state index in [1.807, 2.05) is 17.7 Å². The predicted octanol–water partition coefficient (Wildman–Crippen LogP) is 4.77. The number of nitrogens with zero attached hydrogens (tertiary/aromatic N) is 3. The lowest BCUT2D eigenvalue weighted by atomic mass is 10.1. The third kappa shape index (κ3) is 5.44. The Hall–Kier alpha value is -3.69. The third-order valence-electron chi connectivity index (χ3n) is 5.51. The summed E-state index contributed by atoms with van der Waals surface area (Å²) in [6.45, 7) is 2.71. The van der Waals surface area contributed by atoms with Crippen LogP contribution >= 0.6 is 0 Å². The summed E-state index contributed by atoms with van der Waals surface area (Å²) >= 11 is 0. The Bertz CT molecular complexity index is 1150. The summed E-state index contributed by atoms with van der Waals surface area (Å²) in [5.41, 5.74) is 2.12. The van der Waals surface area contributed by atoms with E-state index in [4.69, 9.17) is 9.47 Å². The lowest BCUT2D eigenvalue weighted by Crippen LogP contribution is -2.41. The fourth-order valence-electron chi connectivity index (χ4n) is 3.87. The lowest BCUT2D eigenvalue weighted by molar-refractivity contribution is -0.275. The standard InChI is InChI=1S/C24H24F3N3O4/c1-16-14-30(15-28-16)19-8-7-17(13-22(19)32-2)23(31)29-11-9-18(10-12-29)33-20-5-3-4-6-21(20)34-24(25,26)27/h3-8,13-15,18H,9-12H2,1-2H3. The van der Waals surface area contributed by atoms with E-state index >= 15 is 0 Å². The number of imidazole rings is 1. The van der Waals surface area contributed by atoms with Crippen molar-refractivity contribution in [2.75, 3.05) is 20.2 Å². The number of carbonyl (C=O) groups excluding carboxylic acids is 1. The summed E-state index contributed by atoms with van der Waals surface area (Å²) in [5, 5.41) is 0. The van der Waals surface area contributed by atoms with Gasteiger partial charge in [0.25, 0.3) is 5.91 Å². The number of alkyl halides is 3. The van der Waals surface area contributed by atoms with Crippen molar-refractivity contribution in [3.63, 3.8) is 0 Å². The van der Waals surface area contributed by atoms with Crippen LogP contribution in [-0.4, -0.2) is 53.0 Å². The van der Waals surface area contributed by atoms with Crippen LogP contribution in [0.25, 0.3) is 5.69 Å². The molecule has 1 aliphatic heterocycles. The van der Waals surface area contributed by atoms with E-state index in [0.29, 0.717) is 37.2 Å². The number of carbonyl (C=O) groups is 1. The molecule has 0 atom stereocenters. The Balaban J connectivity index is 1.40. The third-order valence-corrected chi connectivity index (χ3v) is 5.51. The van der Waals surface area contributed by atoms with E-state index in [2.05, 4.69) is 9.72 Å². The largest absolute Gasteiger partial charge is 0.573 e. The summed E-state index contributed by atoms with van der Waals surface area (Å²) < 4.78 is 55.1. The van der Waals surface area contributed by atoms with Gasteiger partial charge in [0.05, 0.1) is 24.8 Å². The molecule has 0 spiro atoms. The number of para-hydroxylation sites is 2. The van der Waals surface area contributed by atoms with Crippen molar-refractivity contribution in [1.82, 2.24) is 14.5 Å². The van der Waals surface area contributed by atoms with Crippen molar-refractivity contribution < 1.29 is 32.2 Å². The maximum absolute atomic E-state index is 13.1. The van der Waals surface area contributed by atoms with Gasteiger partial charge in [0.2, 0.25) is 0 Å². The van der Waals surface area contributed by atoms with E-state index in [-0.39, 0.29) is 23.5 Å². The summed E-state index contributed by atoms with van der Waals surface area (Å²) in [6, 6.07) is 10.9. The van der Waals surface area contributed by atoms with E-state index in [9.17, 15) is 18.0 Å². The zero-order chi connectivity index (χ0) is 24.3. The van der Waals surface area contributed by atoms with Crippen molar-refractivity contribution in [3.05, 3.63) is 66.2 Å². The zero-order valence-corrected chi connectivity index (χ0v) is 18.7. The minimum atomic E-state index is -4.80. The number of halogens is 3. The summed E-state index contributed by atoms with van der Waals surface area (Å²) in [5.74, 6) is 0.0436. The van der Waals surface area contributed by atoms with Crippen molar-refractivity contribution in [2.24, 2.45) is 0 Å². The molecule has 2 aromatic carbocycles. The van der Waals surface area contributed by atoms with Gasteiger partial charge in [-0.15, -0.1) is 13.2 Å². The molecule has 1 aliphatic rings. The van der Waals surface area contributed by atoms with Crippen LogP contribution in [0.15, 0.2) is 55.0 Å². The Morgan fingerprint density at radius 3 is 2.38 bits per heavy atom. The molecule has 1 aromatic heterocycles. The van der Waals surface area contributed by atoms with Gasteiger partial charge in [0.1, 0.15) is 11.9 Å². The van der Waals surface area contributed by atoms with Gasteiger partial charge >= 0.3 is 6.36 Å². The fraction of sp³-hybridized carbons (Fsp3) is 0.333. The minimum Gasteiger partial charge on any atom is -0.495 e. The number of hydrogen-bond acceptors (Lipinski definition) is 5. The Morgan fingerprint density at radius 2 is 1.76 bits per heavy atom. The second-order valence-corrected chi connectivity index (χ2v) is 7.91. The molecule has 0 saturated carbocycles. The van der Waals surface area contributed by atoms with Crippen LogP contribution in [0.1, 0.15) is 28.9 Å². The van der Waals surface area contributed by atoms with Crippen LogP contribution in [0.4, 0.5) is 13.2 Å². The topological polar surface area (TPSA) is 65.8 Å². The fourth-order valence-corrected chi connectivity index (χ4v) is 3.87. The number of ether oxygens (including phenoxy) is 3. The van der Waals surface area contributed by atoms with Crippen LogP contribution in [0.3, 0.4) is 0 Å². The monoisotopic (exact) mass is 475 g/mol. The minimum absolute atomic E-state index is 0.0275. The molecule has 2 heterocycles. The van der Waals surface area contributed by atoms with Crippen molar-refractivity contribution >= 4 is 5.91 Å². The van der Waals surface area contributed by atoms with Gasteiger partial charge in [-0.1, -0.05) is 12.1 Å². The molecular weight excluding hydrogens is 451 g/mol. The summed E-state index contributed by atoms with van der Waals surface area (Å²) in [4.78, 5) is 19.0. The first kappa shape index (κ1) is 23.5. The molecule has 1 fully saturated rings. The molecule has 0 aliphatic carbocycles. The van der Waals surface area contributed by atoms with Crippen molar-refractivity contribution in [2.45, 2.75) is 32.2 Å². The number of aromatic nitrogens is 2. The molecule has 1 amide bonds. The number of methoxy groups -OCH3 is 1. The number of likely N-dealkylation sites (tertiary alicyclic amines) is 1. The highest BCUT2D eigenvalue weighted by molar-refractivity contribution is 5.95. The zero-order valence-electron chi connectivity index (χ0n) is 18.7. The molecule has 1 saturated heterocycles. The first-order valence-corrected chi connectivity index (χ1v) is 10.7. The van der Waals surface area contributed by atoms with Gasteiger partial charge in [0.15, 0.2) is 11.5 Å². The smallest absolute Gasteiger partial charge is 0.495 e. The molecule has 180 valence electrons. The normalized spacial score (nSPS) is 14.7. The number of benzene rings is 2. The SMILES string of the molecule is COc1cc(C(=O)N2CCC(Oc3ccccc3OC(F)(F)F)CC2)ccc1-n1cnc(C)c1. The van der Waals surface area contributed by atoms with Crippen LogP contribution in [0, 0.1) is 6.92 Å². The molecule has 0 unspecified atom stereocenters. The van der Waals surface area contributed by atoms with Gasteiger partial charge in [-0.2, -0.15) is 0 Å². The highest BCUT2D eigenvalue weighted by Crippen LogP contribution is 2.34. The highest BCUT2D eigenvalue weighted by atomic mass is 19.4. The first-order valence-electron chi connectivity index (χ1n) is 10.7. The van der Waals surface area contributed by atoms with Crippen LogP contribution < -0.4 is 14.2 Å². The molecule has 0 radical (unpaired) electrons. The maximum atomic E-state index is 13.1. The number of hydrogen-bond donors (Lipinski definition) is 0. The number of piperidine rings is 1. The Kier molecular flexibility index (Phi) is 6.67. The Labute approximate surface area is 194 Å². The molecule has 0 bridgehead atoms. The number of aryl methyl sites for hydroxylation is 1. The second-order valence-electron chi connectivity index (χ2n) is 7.91. The van der Waals surface area contributed by atoms with E-state index in [1.54, 1.807) is 42.6 Å². The predicted molar refractivity (Wildman–Crippen MR) is 118 cm³/mol. The molecule has 10 heteroatoms. The molecule has 7 nitrogen and oxygen atoms in total. The van der Waals surface area contributed by atoms with E-state index in [1.165, 1.54) is 18.2 Å². The Morgan fingerprint density at radius 1 is 1.06 bits per heavy atom. The lowest BCUT2D eigenvalue weighted by Gasteiger charge is -2.32. The van der Waals surface area contributed by atoms with Crippen LogP contribution in [-0.2, 0) is 0 Å². The second kappa shape index (κ2) is 9.66. The molecule has 0 N–H and O–H groups in total. The van der Waals surface area contributed by atoms with Gasteiger partial charge in [0, 0.05) is 37.7 Å². The summed E-state index contributed by atoms with van der Waals surface area (Å²) in [7, 11) is 1.54. The van der Waals surface area contributed by atoms with Gasteiger partial charge in [-0.3, -0.25) is 4.79 Å². The van der Waals surface area contributed by atoms with E-state index < -0.39 is 6.36 Å². The number of amides is 1. The average Bonchev–Trinajstić information content (AvgIpc) is 3.25. The first-order chi connectivity index (χ1) is 16.2. The van der Waals surface area contributed by atoms with Gasteiger partial charge in [-0.05, 0) is 37.3 Å². The quantitative estimate of drug-likeness (QED) is 0.514. The molecular formula is C24H24F3N3O4. The molecule has 3 aromatic rings. The average molecular weight is 475 g/mol. The van der Waals surface area contributed by atoms with Crippen molar-refractivity contribution in [1.29, 1.82) is 0 Å². The van der Waals surface area contributed by atoms with Gasteiger partial charge in [-0.25, -0.2) is 4.98 Å².